The van der Waals surface area contributed by atoms with Crippen molar-refractivity contribution in [3.05, 3.63) is 28.2 Å². The van der Waals surface area contributed by atoms with Gasteiger partial charge in [0.2, 0.25) is 5.91 Å². The number of sulfone groups is 1. The summed E-state index contributed by atoms with van der Waals surface area (Å²) < 4.78 is 22.0. The van der Waals surface area contributed by atoms with Gasteiger partial charge in [0.05, 0.1) is 22.5 Å². The minimum absolute atomic E-state index is 0.0515. The van der Waals surface area contributed by atoms with Gasteiger partial charge in [-0.15, -0.1) is 0 Å². The Hall–Kier alpha value is -0.820. The van der Waals surface area contributed by atoms with E-state index in [-0.39, 0.29) is 17.2 Å². The number of amides is 1. The van der Waals surface area contributed by atoms with Gasteiger partial charge < -0.3 is 11.1 Å². The maximum atomic E-state index is 11.7. The molecule has 1 unspecified atom stereocenters. The van der Waals surface area contributed by atoms with Gasteiger partial charge >= 0.3 is 0 Å². The molecule has 5 nitrogen and oxygen atoms in total. The predicted molar refractivity (Wildman–Crippen MR) is 77.4 cm³/mol. The Balaban J connectivity index is 2.64. The maximum Gasteiger partial charge on any atom is 0.241 e. The fourth-order valence-corrected chi connectivity index (χ4v) is 2.43. The van der Waals surface area contributed by atoms with Gasteiger partial charge in [0, 0.05) is 11.3 Å². The number of hydrogen-bond donors (Lipinski definition) is 2. The van der Waals surface area contributed by atoms with E-state index < -0.39 is 21.8 Å². The number of nitrogens with one attached hydrogen (secondary N) is 1. The molecule has 0 aliphatic rings. The smallest absolute Gasteiger partial charge is 0.241 e. The van der Waals surface area contributed by atoms with Crippen LogP contribution in [0.3, 0.4) is 0 Å². The summed E-state index contributed by atoms with van der Waals surface area (Å²) in [5.74, 6) is -0.636. The maximum absolute atomic E-state index is 11.7. The van der Waals surface area contributed by atoms with E-state index in [9.17, 15) is 13.2 Å². The summed E-state index contributed by atoms with van der Waals surface area (Å²) in [6, 6.07) is 3.69. The number of carbonyl (C=O) groups is 1. The first-order chi connectivity index (χ1) is 8.69. The Labute approximate surface area is 122 Å². The highest BCUT2D eigenvalue weighted by atomic mass is 35.5. The van der Waals surface area contributed by atoms with Gasteiger partial charge in [0.25, 0.3) is 0 Å². The number of halogens is 2. The summed E-state index contributed by atoms with van der Waals surface area (Å²) in [5.41, 5.74) is 5.99. The molecule has 0 aliphatic carbocycles. The average Bonchev–Trinajstić information content (AvgIpc) is 2.28. The van der Waals surface area contributed by atoms with Crippen molar-refractivity contribution in [2.45, 2.75) is 12.5 Å². The lowest BCUT2D eigenvalue weighted by molar-refractivity contribution is -0.117. The molecule has 1 atom stereocenters. The molecule has 0 fully saturated rings. The second-order valence-corrected chi connectivity index (χ2v) is 7.24. The van der Waals surface area contributed by atoms with E-state index in [1.165, 1.54) is 6.07 Å². The number of anilines is 1. The minimum atomic E-state index is -3.14. The highest BCUT2D eigenvalue weighted by molar-refractivity contribution is 7.90. The molecule has 0 saturated heterocycles. The Morgan fingerprint density at radius 3 is 2.58 bits per heavy atom. The molecule has 106 valence electrons. The molecule has 8 heteroatoms. The van der Waals surface area contributed by atoms with Crippen LogP contribution < -0.4 is 11.1 Å². The first-order valence-electron chi connectivity index (χ1n) is 5.38. The SMILES string of the molecule is CS(=O)(=O)CCC(N)C(=O)Nc1ccc(Cl)cc1Cl. The summed E-state index contributed by atoms with van der Waals surface area (Å²) in [4.78, 5) is 11.7. The predicted octanol–water partition coefficient (Wildman–Crippen LogP) is 1.69. The van der Waals surface area contributed by atoms with Crippen LogP contribution in [0.1, 0.15) is 6.42 Å². The molecule has 3 N–H and O–H groups in total. The van der Waals surface area contributed by atoms with Crippen LogP contribution in [0.2, 0.25) is 10.0 Å². The molecule has 0 bridgehead atoms. The number of rotatable bonds is 5. The van der Waals surface area contributed by atoms with Crippen LogP contribution in [-0.4, -0.2) is 32.4 Å². The van der Waals surface area contributed by atoms with Crippen molar-refractivity contribution < 1.29 is 13.2 Å². The number of nitrogens with two attached hydrogens (primary N) is 1. The Bertz CT molecular complexity index is 575. The molecule has 19 heavy (non-hydrogen) atoms. The van der Waals surface area contributed by atoms with Crippen LogP contribution in [0.25, 0.3) is 0 Å². The van der Waals surface area contributed by atoms with Gasteiger partial charge in [0.1, 0.15) is 9.84 Å². The Morgan fingerprint density at radius 2 is 2.05 bits per heavy atom. The minimum Gasteiger partial charge on any atom is -0.323 e. The van der Waals surface area contributed by atoms with E-state index in [0.29, 0.717) is 10.7 Å². The summed E-state index contributed by atoms with van der Waals surface area (Å²) in [6.07, 6.45) is 1.14. The number of hydrogen-bond acceptors (Lipinski definition) is 4. The molecule has 1 rings (SSSR count). The van der Waals surface area contributed by atoms with Crippen molar-refractivity contribution in [3.8, 4) is 0 Å². The molecule has 0 heterocycles. The highest BCUT2D eigenvalue weighted by Gasteiger charge is 2.17. The second-order valence-electron chi connectivity index (χ2n) is 4.14. The van der Waals surface area contributed by atoms with Crippen molar-refractivity contribution in [1.29, 1.82) is 0 Å². The molecular formula is C11H14Cl2N2O3S. The normalized spacial score (nSPS) is 13.1. The Morgan fingerprint density at radius 1 is 1.42 bits per heavy atom. The molecule has 0 aromatic heterocycles. The Kier molecular flexibility index (Phi) is 5.61. The molecular weight excluding hydrogens is 311 g/mol. The van der Waals surface area contributed by atoms with Gasteiger partial charge in [-0.1, -0.05) is 23.2 Å². The van der Waals surface area contributed by atoms with Crippen LogP contribution in [-0.2, 0) is 14.6 Å². The monoisotopic (exact) mass is 324 g/mol. The average molecular weight is 325 g/mol. The molecule has 0 radical (unpaired) electrons. The fourth-order valence-electron chi connectivity index (χ4n) is 1.29. The lowest BCUT2D eigenvalue weighted by atomic mass is 10.2. The molecule has 0 spiro atoms. The van der Waals surface area contributed by atoms with Gasteiger partial charge in [-0.05, 0) is 24.6 Å². The van der Waals surface area contributed by atoms with Crippen molar-refractivity contribution >= 4 is 44.6 Å². The first kappa shape index (κ1) is 16.2. The summed E-state index contributed by atoms with van der Waals surface area (Å²) in [5, 5.41) is 3.26. The van der Waals surface area contributed by atoms with Gasteiger partial charge in [-0.3, -0.25) is 4.79 Å². The van der Waals surface area contributed by atoms with E-state index in [2.05, 4.69) is 5.32 Å². The third-order valence-corrected chi connectivity index (χ3v) is 3.85. The zero-order chi connectivity index (χ0) is 14.6. The quantitative estimate of drug-likeness (QED) is 0.862. The first-order valence-corrected chi connectivity index (χ1v) is 8.20. The van der Waals surface area contributed by atoms with E-state index in [1.54, 1.807) is 12.1 Å². The second kappa shape index (κ2) is 6.56. The van der Waals surface area contributed by atoms with Gasteiger partial charge in [-0.25, -0.2) is 8.42 Å². The van der Waals surface area contributed by atoms with Crippen molar-refractivity contribution in [2.75, 3.05) is 17.3 Å². The third-order valence-electron chi connectivity index (χ3n) is 2.33. The zero-order valence-electron chi connectivity index (χ0n) is 10.2. The van der Waals surface area contributed by atoms with Crippen LogP contribution in [0.5, 0.6) is 0 Å². The molecule has 1 amide bonds. The van der Waals surface area contributed by atoms with E-state index in [4.69, 9.17) is 28.9 Å². The van der Waals surface area contributed by atoms with Gasteiger partial charge in [0.15, 0.2) is 0 Å². The summed E-state index contributed by atoms with van der Waals surface area (Å²) >= 11 is 11.6. The molecule has 1 aromatic rings. The lowest BCUT2D eigenvalue weighted by Crippen LogP contribution is -2.37. The number of carbonyl (C=O) groups excluding carboxylic acids is 1. The standard InChI is InChI=1S/C11H14Cl2N2O3S/c1-19(17,18)5-4-9(14)11(16)15-10-3-2-7(12)6-8(10)13/h2-3,6,9H,4-5,14H2,1H3,(H,15,16). The van der Waals surface area contributed by atoms with Crippen LogP contribution >= 0.6 is 23.2 Å². The van der Waals surface area contributed by atoms with Crippen LogP contribution in [0.4, 0.5) is 5.69 Å². The van der Waals surface area contributed by atoms with E-state index in [0.717, 1.165) is 6.26 Å². The van der Waals surface area contributed by atoms with E-state index in [1.807, 2.05) is 0 Å². The molecule has 0 saturated carbocycles. The van der Waals surface area contributed by atoms with Crippen LogP contribution in [0, 0.1) is 0 Å². The van der Waals surface area contributed by atoms with Crippen molar-refractivity contribution in [1.82, 2.24) is 0 Å². The zero-order valence-corrected chi connectivity index (χ0v) is 12.5. The highest BCUT2D eigenvalue weighted by Crippen LogP contribution is 2.25. The van der Waals surface area contributed by atoms with E-state index >= 15 is 0 Å². The summed E-state index contributed by atoms with van der Waals surface area (Å²) in [6.45, 7) is 0. The number of benzene rings is 1. The summed E-state index contributed by atoms with van der Waals surface area (Å²) in [7, 11) is -3.14. The third kappa shape index (κ3) is 5.78. The van der Waals surface area contributed by atoms with Crippen molar-refractivity contribution in [2.24, 2.45) is 5.73 Å². The van der Waals surface area contributed by atoms with Crippen molar-refractivity contribution in [3.63, 3.8) is 0 Å². The molecule has 0 aliphatic heterocycles. The largest absolute Gasteiger partial charge is 0.323 e. The van der Waals surface area contributed by atoms with Crippen LogP contribution in [0.15, 0.2) is 18.2 Å². The lowest BCUT2D eigenvalue weighted by Gasteiger charge is -2.12. The topological polar surface area (TPSA) is 89.3 Å². The fraction of sp³-hybridized carbons (Fsp3) is 0.364. The molecule has 1 aromatic carbocycles. The van der Waals surface area contributed by atoms with Gasteiger partial charge in [-0.2, -0.15) is 0 Å².